The number of pyridine rings is 1. The molecule has 0 N–H and O–H groups in total. The van der Waals surface area contributed by atoms with Crippen molar-refractivity contribution in [2.75, 3.05) is 19.6 Å². The molecular formula is C17H21BrN2S. The SMILES string of the molecule is CCCN1CCC(Sc2cc3ccncc3cc2Br)CC1. The van der Waals surface area contributed by atoms with E-state index in [-0.39, 0.29) is 0 Å². The van der Waals surface area contributed by atoms with Crippen LogP contribution in [0.3, 0.4) is 0 Å². The smallest absolute Gasteiger partial charge is 0.0346 e. The minimum atomic E-state index is 0.744. The van der Waals surface area contributed by atoms with E-state index in [0.29, 0.717) is 0 Å². The Morgan fingerprint density at radius 3 is 2.86 bits per heavy atom. The van der Waals surface area contributed by atoms with E-state index in [1.165, 1.54) is 59.0 Å². The number of piperidine rings is 1. The summed E-state index contributed by atoms with van der Waals surface area (Å²) in [7, 11) is 0. The van der Waals surface area contributed by atoms with Gasteiger partial charge in [-0.15, -0.1) is 11.8 Å². The van der Waals surface area contributed by atoms with Crippen molar-refractivity contribution < 1.29 is 0 Å². The maximum Gasteiger partial charge on any atom is 0.0346 e. The monoisotopic (exact) mass is 364 g/mol. The summed E-state index contributed by atoms with van der Waals surface area (Å²) < 4.78 is 1.20. The molecule has 2 aromatic rings. The van der Waals surface area contributed by atoms with Crippen LogP contribution in [0.5, 0.6) is 0 Å². The van der Waals surface area contributed by atoms with Gasteiger partial charge in [-0.2, -0.15) is 0 Å². The van der Waals surface area contributed by atoms with Gasteiger partial charge in [0.1, 0.15) is 0 Å². The Morgan fingerprint density at radius 2 is 2.10 bits per heavy atom. The number of halogens is 1. The van der Waals surface area contributed by atoms with E-state index >= 15 is 0 Å². The van der Waals surface area contributed by atoms with Gasteiger partial charge in [0.15, 0.2) is 0 Å². The number of rotatable bonds is 4. The Labute approximate surface area is 139 Å². The van der Waals surface area contributed by atoms with Crippen LogP contribution in [0.4, 0.5) is 0 Å². The van der Waals surface area contributed by atoms with Crippen LogP contribution in [-0.2, 0) is 0 Å². The highest BCUT2D eigenvalue weighted by Crippen LogP contribution is 2.37. The third kappa shape index (κ3) is 3.79. The Hall–Kier alpha value is -0.580. The molecule has 112 valence electrons. The second-order valence-corrected chi connectivity index (χ2v) is 7.86. The molecule has 0 bridgehead atoms. The van der Waals surface area contributed by atoms with Crippen LogP contribution >= 0.6 is 27.7 Å². The Kier molecular flexibility index (Phi) is 5.19. The van der Waals surface area contributed by atoms with E-state index in [2.05, 4.69) is 50.9 Å². The van der Waals surface area contributed by atoms with Crippen molar-refractivity contribution in [1.29, 1.82) is 0 Å². The Bertz CT molecular complexity index is 609. The number of thioether (sulfide) groups is 1. The molecule has 1 aromatic carbocycles. The first-order valence-corrected chi connectivity index (χ1v) is 9.36. The van der Waals surface area contributed by atoms with Gasteiger partial charge in [0.05, 0.1) is 0 Å². The highest BCUT2D eigenvalue weighted by molar-refractivity contribution is 9.10. The molecule has 21 heavy (non-hydrogen) atoms. The molecule has 1 saturated heterocycles. The number of likely N-dealkylation sites (tertiary alicyclic amines) is 1. The first-order chi connectivity index (χ1) is 10.3. The minimum Gasteiger partial charge on any atom is -0.303 e. The summed E-state index contributed by atoms with van der Waals surface area (Å²) in [4.78, 5) is 8.15. The fourth-order valence-electron chi connectivity index (χ4n) is 2.92. The molecule has 2 heterocycles. The van der Waals surface area contributed by atoms with Crippen molar-refractivity contribution >= 4 is 38.5 Å². The third-order valence-corrected chi connectivity index (χ3v) is 6.37. The molecule has 0 aliphatic carbocycles. The number of aromatic nitrogens is 1. The second kappa shape index (κ2) is 7.12. The lowest BCUT2D eigenvalue weighted by Gasteiger charge is -2.31. The molecule has 0 spiro atoms. The molecule has 1 aliphatic heterocycles. The topological polar surface area (TPSA) is 16.1 Å². The number of benzene rings is 1. The Balaban J connectivity index is 1.69. The van der Waals surface area contributed by atoms with E-state index in [1.807, 2.05) is 24.2 Å². The molecule has 0 saturated carbocycles. The third-order valence-electron chi connectivity index (χ3n) is 4.06. The van der Waals surface area contributed by atoms with Crippen LogP contribution in [0.2, 0.25) is 0 Å². The largest absolute Gasteiger partial charge is 0.303 e. The van der Waals surface area contributed by atoms with E-state index < -0.39 is 0 Å². The van der Waals surface area contributed by atoms with Gasteiger partial charge >= 0.3 is 0 Å². The zero-order chi connectivity index (χ0) is 14.7. The van der Waals surface area contributed by atoms with Crippen molar-refractivity contribution in [3.63, 3.8) is 0 Å². The molecule has 0 atom stereocenters. The van der Waals surface area contributed by atoms with Gasteiger partial charge in [0.25, 0.3) is 0 Å². The summed E-state index contributed by atoms with van der Waals surface area (Å²) in [5.74, 6) is 0. The first-order valence-electron chi connectivity index (χ1n) is 7.68. The van der Waals surface area contributed by atoms with Crippen LogP contribution < -0.4 is 0 Å². The average Bonchev–Trinajstić information content (AvgIpc) is 2.50. The summed E-state index contributed by atoms with van der Waals surface area (Å²) in [6.45, 7) is 6.02. The lowest BCUT2D eigenvalue weighted by atomic mass is 10.1. The number of fused-ring (bicyclic) bond motifs is 1. The fraction of sp³-hybridized carbons (Fsp3) is 0.471. The van der Waals surface area contributed by atoms with Crippen molar-refractivity contribution in [3.8, 4) is 0 Å². The highest BCUT2D eigenvalue weighted by Gasteiger charge is 2.20. The van der Waals surface area contributed by atoms with E-state index in [4.69, 9.17) is 0 Å². The van der Waals surface area contributed by atoms with E-state index in [1.54, 1.807) is 0 Å². The molecule has 0 radical (unpaired) electrons. The number of hydrogen-bond acceptors (Lipinski definition) is 3. The van der Waals surface area contributed by atoms with Crippen LogP contribution in [0.25, 0.3) is 10.8 Å². The minimum absolute atomic E-state index is 0.744. The van der Waals surface area contributed by atoms with E-state index in [9.17, 15) is 0 Å². The van der Waals surface area contributed by atoms with Crippen LogP contribution in [-0.4, -0.2) is 34.8 Å². The molecule has 0 unspecified atom stereocenters. The van der Waals surface area contributed by atoms with Gasteiger partial charge in [-0.05, 0) is 78.4 Å². The van der Waals surface area contributed by atoms with Crippen molar-refractivity contribution in [1.82, 2.24) is 9.88 Å². The zero-order valence-electron chi connectivity index (χ0n) is 12.4. The van der Waals surface area contributed by atoms with Crippen LogP contribution in [0.1, 0.15) is 26.2 Å². The van der Waals surface area contributed by atoms with Gasteiger partial charge in [-0.25, -0.2) is 0 Å². The molecule has 1 aromatic heterocycles. The van der Waals surface area contributed by atoms with Gasteiger partial charge in [-0.1, -0.05) is 6.92 Å². The summed E-state index contributed by atoms with van der Waals surface area (Å²) in [5, 5.41) is 3.22. The quantitative estimate of drug-likeness (QED) is 0.762. The van der Waals surface area contributed by atoms with Gasteiger partial charge < -0.3 is 4.90 Å². The summed E-state index contributed by atoms with van der Waals surface area (Å²) in [6, 6.07) is 6.58. The maximum absolute atomic E-state index is 4.19. The maximum atomic E-state index is 4.19. The van der Waals surface area contributed by atoms with Crippen LogP contribution in [0, 0.1) is 0 Å². The van der Waals surface area contributed by atoms with Gasteiger partial charge in [-0.3, -0.25) is 4.98 Å². The summed E-state index contributed by atoms with van der Waals surface area (Å²) >= 11 is 5.75. The standard InChI is InChI=1S/C17H21BrN2S/c1-2-7-20-8-4-15(5-9-20)21-17-11-13-3-6-19-12-14(13)10-16(17)18/h3,6,10-12,15H,2,4-5,7-9H2,1H3. The highest BCUT2D eigenvalue weighted by atomic mass is 79.9. The van der Waals surface area contributed by atoms with Crippen LogP contribution in [0.15, 0.2) is 40.0 Å². The van der Waals surface area contributed by atoms with Crippen molar-refractivity contribution in [3.05, 3.63) is 35.1 Å². The van der Waals surface area contributed by atoms with Gasteiger partial charge in [0.2, 0.25) is 0 Å². The predicted octanol–water partition coefficient (Wildman–Crippen LogP) is 4.96. The number of hydrogen-bond donors (Lipinski definition) is 0. The van der Waals surface area contributed by atoms with Gasteiger partial charge in [0, 0.05) is 32.4 Å². The van der Waals surface area contributed by atoms with Crippen molar-refractivity contribution in [2.45, 2.75) is 36.3 Å². The Morgan fingerprint density at radius 1 is 1.29 bits per heavy atom. The molecule has 2 nitrogen and oxygen atoms in total. The normalized spacial score (nSPS) is 17.4. The molecule has 1 aliphatic rings. The number of nitrogens with zero attached hydrogens (tertiary/aromatic N) is 2. The molecule has 4 heteroatoms. The molecule has 1 fully saturated rings. The van der Waals surface area contributed by atoms with Crippen molar-refractivity contribution in [2.24, 2.45) is 0 Å². The lowest BCUT2D eigenvalue weighted by molar-refractivity contribution is 0.233. The predicted molar refractivity (Wildman–Crippen MR) is 95.1 cm³/mol. The lowest BCUT2D eigenvalue weighted by Crippen LogP contribution is -2.35. The summed E-state index contributed by atoms with van der Waals surface area (Å²) in [6.07, 6.45) is 7.66. The van der Waals surface area contributed by atoms with E-state index in [0.717, 1.165) is 5.25 Å². The fourth-order valence-corrected chi connectivity index (χ4v) is 4.74. The first kappa shape index (κ1) is 15.3. The second-order valence-electron chi connectivity index (χ2n) is 5.66. The molecular weight excluding hydrogens is 344 g/mol. The average molecular weight is 365 g/mol. The summed E-state index contributed by atoms with van der Waals surface area (Å²) in [5.41, 5.74) is 0. The zero-order valence-corrected chi connectivity index (χ0v) is 14.8. The molecule has 0 amide bonds. The molecule has 3 rings (SSSR count).